The number of amides is 3. The minimum atomic E-state index is -0.973. The number of benzene rings is 2. The molecule has 1 aliphatic carbocycles. The number of nitrogens with one attached hydrogen (secondary N) is 1. The minimum Gasteiger partial charge on any atom is -0.493 e. The number of ether oxygens (including phenoxy) is 3. The summed E-state index contributed by atoms with van der Waals surface area (Å²) in [5.41, 5.74) is 1.26. The van der Waals surface area contributed by atoms with Gasteiger partial charge in [-0.15, -0.1) is 0 Å². The van der Waals surface area contributed by atoms with E-state index in [1.165, 1.54) is 7.11 Å². The lowest BCUT2D eigenvalue weighted by atomic mass is 10.1. The molecule has 1 heterocycles. The molecule has 190 valence electrons. The van der Waals surface area contributed by atoms with Crippen molar-refractivity contribution in [3.05, 3.63) is 59.2 Å². The lowest BCUT2D eigenvalue weighted by molar-refractivity contribution is -0.139. The Bertz CT molecular complexity index is 1160. The van der Waals surface area contributed by atoms with Gasteiger partial charge < -0.3 is 19.5 Å². The maximum atomic E-state index is 13.0. The van der Waals surface area contributed by atoms with Crippen molar-refractivity contribution < 1.29 is 33.4 Å². The van der Waals surface area contributed by atoms with Crippen molar-refractivity contribution >= 4 is 23.7 Å². The lowest BCUT2D eigenvalue weighted by Crippen LogP contribution is -2.41. The Labute approximate surface area is 209 Å². The Morgan fingerprint density at radius 3 is 2.53 bits per heavy atom. The van der Waals surface area contributed by atoms with Gasteiger partial charge in [0.1, 0.15) is 6.04 Å². The number of imide groups is 1. The van der Waals surface area contributed by atoms with Crippen LogP contribution < -0.4 is 14.8 Å². The molecule has 4 rings (SSSR count). The zero-order valence-corrected chi connectivity index (χ0v) is 20.5. The fourth-order valence-corrected chi connectivity index (χ4v) is 4.49. The first-order chi connectivity index (χ1) is 17.4. The standard InChI is InChI=1S/C27H30N2O7/c1-3-35-27(33)19-8-6-7-17(13-19)16-29-24(30)15-21(26(29)32)28-25(31)18-11-12-22(34-2)23(14-18)36-20-9-4-5-10-20/h6-8,11-14,20-21H,3-5,9-10,15-16H2,1-2H3,(H,28,31)/t21-/m0/s1. The second-order valence-corrected chi connectivity index (χ2v) is 8.86. The summed E-state index contributed by atoms with van der Waals surface area (Å²) in [4.78, 5) is 51.6. The predicted molar refractivity (Wildman–Crippen MR) is 130 cm³/mol. The highest BCUT2D eigenvalue weighted by atomic mass is 16.5. The van der Waals surface area contributed by atoms with Crippen molar-refractivity contribution in [3.63, 3.8) is 0 Å². The van der Waals surface area contributed by atoms with Gasteiger partial charge in [-0.3, -0.25) is 19.3 Å². The van der Waals surface area contributed by atoms with Gasteiger partial charge in [0.2, 0.25) is 5.91 Å². The van der Waals surface area contributed by atoms with Crippen molar-refractivity contribution in [3.8, 4) is 11.5 Å². The maximum Gasteiger partial charge on any atom is 0.338 e. The van der Waals surface area contributed by atoms with E-state index in [-0.39, 0.29) is 25.7 Å². The normalized spacial score (nSPS) is 17.8. The lowest BCUT2D eigenvalue weighted by Gasteiger charge is -2.18. The van der Waals surface area contributed by atoms with Gasteiger partial charge in [-0.2, -0.15) is 0 Å². The molecule has 36 heavy (non-hydrogen) atoms. The number of carbonyl (C=O) groups excluding carboxylic acids is 4. The minimum absolute atomic E-state index is 0.000799. The summed E-state index contributed by atoms with van der Waals surface area (Å²) in [5, 5.41) is 2.67. The van der Waals surface area contributed by atoms with E-state index in [1.54, 1.807) is 49.4 Å². The van der Waals surface area contributed by atoms with Gasteiger partial charge >= 0.3 is 5.97 Å². The smallest absolute Gasteiger partial charge is 0.338 e. The van der Waals surface area contributed by atoms with Crippen LogP contribution >= 0.6 is 0 Å². The largest absolute Gasteiger partial charge is 0.493 e. The number of hydrogen-bond donors (Lipinski definition) is 1. The van der Waals surface area contributed by atoms with Gasteiger partial charge in [-0.1, -0.05) is 12.1 Å². The highest BCUT2D eigenvalue weighted by Gasteiger charge is 2.39. The Kier molecular flexibility index (Phi) is 7.87. The van der Waals surface area contributed by atoms with E-state index in [0.29, 0.717) is 28.2 Å². The van der Waals surface area contributed by atoms with Crippen LogP contribution in [0.3, 0.4) is 0 Å². The molecule has 9 nitrogen and oxygen atoms in total. The van der Waals surface area contributed by atoms with Crippen LogP contribution in [0.4, 0.5) is 0 Å². The Morgan fingerprint density at radius 1 is 1.03 bits per heavy atom. The molecule has 0 unspecified atom stereocenters. The van der Waals surface area contributed by atoms with Crippen molar-refractivity contribution in [2.24, 2.45) is 0 Å². The third-order valence-corrected chi connectivity index (χ3v) is 6.35. The van der Waals surface area contributed by atoms with Gasteiger partial charge in [-0.25, -0.2) is 4.79 Å². The second-order valence-electron chi connectivity index (χ2n) is 8.86. The van der Waals surface area contributed by atoms with Crippen molar-refractivity contribution in [1.29, 1.82) is 0 Å². The van der Waals surface area contributed by atoms with Crippen LogP contribution in [0.2, 0.25) is 0 Å². The molecule has 0 spiro atoms. The fraction of sp³-hybridized carbons (Fsp3) is 0.407. The third-order valence-electron chi connectivity index (χ3n) is 6.35. The number of likely N-dealkylation sites (tertiary alicyclic amines) is 1. The molecule has 2 aliphatic rings. The molecular formula is C27H30N2O7. The quantitative estimate of drug-likeness (QED) is 0.421. The van der Waals surface area contributed by atoms with Crippen LogP contribution in [0.15, 0.2) is 42.5 Å². The van der Waals surface area contributed by atoms with E-state index in [0.717, 1.165) is 30.6 Å². The molecule has 1 aliphatic heterocycles. The van der Waals surface area contributed by atoms with Crippen molar-refractivity contribution in [1.82, 2.24) is 10.2 Å². The highest BCUT2D eigenvalue weighted by Crippen LogP contribution is 2.32. The molecule has 2 aromatic carbocycles. The number of esters is 1. The summed E-state index contributed by atoms with van der Waals surface area (Å²) >= 11 is 0. The first kappa shape index (κ1) is 25.2. The Morgan fingerprint density at radius 2 is 1.81 bits per heavy atom. The zero-order chi connectivity index (χ0) is 25.7. The Hall–Kier alpha value is -3.88. The number of nitrogens with zero attached hydrogens (tertiary/aromatic N) is 1. The number of methoxy groups -OCH3 is 1. The average Bonchev–Trinajstić information content (AvgIpc) is 3.48. The monoisotopic (exact) mass is 494 g/mol. The summed E-state index contributed by atoms with van der Waals surface area (Å²) < 4.78 is 16.4. The molecule has 9 heteroatoms. The van der Waals surface area contributed by atoms with Gasteiger partial charge in [0.05, 0.1) is 38.3 Å². The Balaban J connectivity index is 1.42. The summed E-state index contributed by atoms with van der Waals surface area (Å²) in [6, 6.07) is 10.5. The number of carbonyl (C=O) groups is 4. The predicted octanol–water partition coefficient (Wildman–Crippen LogP) is 3.25. The molecule has 0 aromatic heterocycles. The van der Waals surface area contributed by atoms with Gasteiger partial charge in [-0.05, 0) is 68.5 Å². The third kappa shape index (κ3) is 5.67. The topological polar surface area (TPSA) is 111 Å². The van der Waals surface area contributed by atoms with Crippen LogP contribution in [0, 0.1) is 0 Å². The zero-order valence-electron chi connectivity index (χ0n) is 20.5. The van der Waals surface area contributed by atoms with E-state index in [4.69, 9.17) is 14.2 Å². The summed E-state index contributed by atoms with van der Waals surface area (Å²) in [6.07, 6.45) is 4.07. The number of hydrogen-bond acceptors (Lipinski definition) is 7. The molecular weight excluding hydrogens is 464 g/mol. The van der Waals surface area contributed by atoms with Crippen molar-refractivity contribution in [2.75, 3.05) is 13.7 Å². The molecule has 1 saturated heterocycles. The molecule has 0 radical (unpaired) electrons. The first-order valence-corrected chi connectivity index (χ1v) is 12.2. The molecule has 2 aromatic rings. The molecule has 2 fully saturated rings. The van der Waals surface area contributed by atoms with Crippen LogP contribution in [-0.2, 0) is 20.9 Å². The summed E-state index contributed by atoms with van der Waals surface area (Å²) in [7, 11) is 1.54. The van der Waals surface area contributed by atoms with Gasteiger partial charge in [0.15, 0.2) is 11.5 Å². The van der Waals surface area contributed by atoms with E-state index in [1.807, 2.05) is 0 Å². The molecule has 1 saturated carbocycles. The van der Waals surface area contributed by atoms with Crippen LogP contribution in [0.5, 0.6) is 11.5 Å². The van der Waals surface area contributed by atoms with E-state index < -0.39 is 29.7 Å². The summed E-state index contributed by atoms with van der Waals surface area (Å²) in [5.74, 6) is -0.834. The van der Waals surface area contributed by atoms with E-state index in [2.05, 4.69) is 5.32 Å². The molecule has 1 N–H and O–H groups in total. The molecule has 3 amide bonds. The van der Waals surface area contributed by atoms with Crippen LogP contribution in [0.25, 0.3) is 0 Å². The SMILES string of the molecule is CCOC(=O)c1cccc(CN2C(=O)C[C@H](NC(=O)c3ccc(OC)c(OC4CCCC4)c3)C2=O)c1. The molecule has 0 bridgehead atoms. The van der Waals surface area contributed by atoms with Crippen molar-refractivity contribution in [2.45, 2.75) is 57.7 Å². The van der Waals surface area contributed by atoms with Gasteiger partial charge in [0, 0.05) is 5.56 Å². The summed E-state index contributed by atoms with van der Waals surface area (Å²) in [6.45, 7) is 1.96. The number of rotatable bonds is 9. The van der Waals surface area contributed by atoms with E-state index in [9.17, 15) is 19.2 Å². The van der Waals surface area contributed by atoms with Crippen LogP contribution in [0.1, 0.15) is 65.3 Å². The highest BCUT2D eigenvalue weighted by molar-refractivity contribution is 6.08. The first-order valence-electron chi connectivity index (χ1n) is 12.2. The average molecular weight is 495 g/mol. The van der Waals surface area contributed by atoms with Crippen LogP contribution in [-0.4, -0.2) is 54.5 Å². The van der Waals surface area contributed by atoms with E-state index >= 15 is 0 Å². The molecule has 1 atom stereocenters. The second kappa shape index (κ2) is 11.2. The maximum absolute atomic E-state index is 13.0. The van der Waals surface area contributed by atoms with Gasteiger partial charge in [0.25, 0.3) is 11.8 Å². The fourth-order valence-electron chi connectivity index (χ4n) is 4.49.